The maximum Gasteiger partial charge on any atom is 0.170 e. The molecule has 0 saturated carbocycles. The number of amidine groups is 1. The van der Waals surface area contributed by atoms with Gasteiger partial charge in [0.05, 0.1) is 0 Å². The summed E-state index contributed by atoms with van der Waals surface area (Å²) in [6.45, 7) is 0. The second kappa shape index (κ2) is 3.31. The molecule has 4 nitrogen and oxygen atoms in total. The third kappa shape index (κ3) is 1.24. The van der Waals surface area contributed by atoms with Gasteiger partial charge in [-0.1, -0.05) is 23.4 Å². The molecule has 0 unspecified atom stereocenters. The molecule has 1 aromatic rings. The lowest BCUT2D eigenvalue weighted by Crippen LogP contribution is -2.15. The maximum atomic E-state index is 8.62. The van der Waals surface area contributed by atoms with Gasteiger partial charge in [-0.25, -0.2) is 0 Å². The van der Waals surface area contributed by atoms with Crippen LogP contribution in [-0.4, -0.2) is 11.0 Å². The molecule has 2 rings (SSSR count). The van der Waals surface area contributed by atoms with Crippen molar-refractivity contribution in [1.29, 1.82) is 0 Å². The molecule has 1 aliphatic carbocycles. The number of nitrogens with two attached hydrogens (primary N) is 2. The molecule has 1 aromatic carbocycles. The molecule has 0 aliphatic heterocycles. The molecular weight excluding hydrogens is 178 g/mol. The van der Waals surface area contributed by atoms with Gasteiger partial charge >= 0.3 is 0 Å². The molecule has 0 bridgehead atoms. The van der Waals surface area contributed by atoms with Gasteiger partial charge in [0.15, 0.2) is 5.84 Å². The minimum Gasteiger partial charge on any atom is -0.409 e. The fourth-order valence-corrected chi connectivity index (χ4v) is 1.98. The lowest BCUT2D eigenvalue weighted by atomic mass is 10.0. The monoisotopic (exact) mass is 191 g/mol. The molecule has 0 amide bonds. The van der Waals surface area contributed by atoms with Gasteiger partial charge in [0.25, 0.3) is 0 Å². The highest BCUT2D eigenvalue weighted by Gasteiger charge is 2.22. The van der Waals surface area contributed by atoms with Crippen LogP contribution in [0.4, 0.5) is 0 Å². The van der Waals surface area contributed by atoms with Gasteiger partial charge in [-0.2, -0.15) is 0 Å². The van der Waals surface area contributed by atoms with Crippen LogP contribution in [0.3, 0.4) is 0 Å². The molecule has 74 valence electrons. The first-order valence-electron chi connectivity index (χ1n) is 4.59. The van der Waals surface area contributed by atoms with Crippen LogP contribution < -0.4 is 11.5 Å². The summed E-state index contributed by atoms with van der Waals surface area (Å²) in [5.41, 5.74) is 14.5. The van der Waals surface area contributed by atoms with Crippen LogP contribution >= 0.6 is 0 Å². The summed E-state index contributed by atoms with van der Waals surface area (Å²) < 4.78 is 0. The Hall–Kier alpha value is -1.55. The Morgan fingerprint density at radius 3 is 3.00 bits per heavy atom. The minimum absolute atomic E-state index is 0.0939. The van der Waals surface area contributed by atoms with E-state index in [1.165, 1.54) is 0 Å². The van der Waals surface area contributed by atoms with Crippen molar-refractivity contribution >= 4 is 5.84 Å². The molecule has 14 heavy (non-hydrogen) atoms. The average molecular weight is 191 g/mol. The molecule has 1 aliphatic rings. The third-order valence-electron chi connectivity index (χ3n) is 2.70. The van der Waals surface area contributed by atoms with Gasteiger partial charge in [-0.3, -0.25) is 0 Å². The predicted molar refractivity (Wildman–Crippen MR) is 54.2 cm³/mol. The van der Waals surface area contributed by atoms with Crippen LogP contribution in [0.25, 0.3) is 0 Å². The van der Waals surface area contributed by atoms with Crippen LogP contribution in [0.5, 0.6) is 0 Å². The minimum atomic E-state index is 0.0939. The van der Waals surface area contributed by atoms with Crippen LogP contribution in [0, 0.1) is 0 Å². The Morgan fingerprint density at radius 1 is 1.50 bits per heavy atom. The van der Waals surface area contributed by atoms with Gasteiger partial charge in [0.2, 0.25) is 0 Å². The molecule has 0 spiro atoms. The Labute approximate surface area is 82.2 Å². The van der Waals surface area contributed by atoms with E-state index < -0.39 is 0 Å². The molecule has 4 heteroatoms. The summed E-state index contributed by atoms with van der Waals surface area (Å²) in [5.74, 6) is 0.163. The first-order valence-corrected chi connectivity index (χ1v) is 4.59. The van der Waals surface area contributed by atoms with Crippen molar-refractivity contribution in [2.75, 3.05) is 0 Å². The van der Waals surface area contributed by atoms with Gasteiger partial charge in [0.1, 0.15) is 0 Å². The summed E-state index contributed by atoms with van der Waals surface area (Å²) in [6, 6.07) is 5.83. The number of hydrogen-bond donors (Lipinski definition) is 3. The van der Waals surface area contributed by atoms with Crippen molar-refractivity contribution in [2.24, 2.45) is 16.6 Å². The number of nitrogens with zero attached hydrogens (tertiary/aromatic N) is 1. The van der Waals surface area contributed by atoms with Crippen molar-refractivity contribution in [3.05, 3.63) is 34.9 Å². The van der Waals surface area contributed by atoms with Crippen molar-refractivity contribution in [3.8, 4) is 0 Å². The molecule has 0 radical (unpaired) electrons. The highest BCUT2D eigenvalue weighted by Crippen LogP contribution is 2.31. The molecule has 0 saturated heterocycles. The van der Waals surface area contributed by atoms with Crippen LogP contribution in [0.15, 0.2) is 23.4 Å². The predicted octanol–water partition coefficient (Wildman–Crippen LogP) is 0.727. The molecule has 0 fully saturated rings. The van der Waals surface area contributed by atoms with Gasteiger partial charge in [0, 0.05) is 11.6 Å². The summed E-state index contributed by atoms with van der Waals surface area (Å²) in [6.07, 6.45) is 1.84. The molecule has 0 heterocycles. The fourth-order valence-electron chi connectivity index (χ4n) is 1.98. The fraction of sp³-hybridized carbons (Fsp3) is 0.300. The van der Waals surface area contributed by atoms with E-state index in [-0.39, 0.29) is 11.9 Å². The zero-order valence-electron chi connectivity index (χ0n) is 7.77. The van der Waals surface area contributed by atoms with E-state index in [0.717, 1.165) is 29.5 Å². The summed E-state index contributed by atoms with van der Waals surface area (Å²) in [5, 5.41) is 11.6. The van der Waals surface area contributed by atoms with Gasteiger partial charge in [-0.05, 0) is 24.0 Å². The summed E-state index contributed by atoms with van der Waals surface area (Å²) >= 11 is 0. The van der Waals surface area contributed by atoms with E-state index in [2.05, 4.69) is 5.16 Å². The normalized spacial score (nSPS) is 20.9. The standard InChI is InChI=1S/C10H13N3O/c11-9-5-4-6-7(9)2-1-3-8(6)10(12)13-14/h1-3,9,14H,4-5,11H2,(H2,12,13)/t9-/m1/s1. The second-order valence-electron chi connectivity index (χ2n) is 3.50. The van der Waals surface area contributed by atoms with Crippen LogP contribution in [-0.2, 0) is 6.42 Å². The van der Waals surface area contributed by atoms with E-state index in [1.807, 2.05) is 18.2 Å². The number of oxime groups is 1. The Bertz CT molecular complexity index is 387. The van der Waals surface area contributed by atoms with Crippen molar-refractivity contribution in [3.63, 3.8) is 0 Å². The lowest BCUT2D eigenvalue weighted by Gasteiger charge is -2.07. The van der Waals surface area contributed by atoms with Crippen molar-refractivity contribution in [1.82, 2.24) is 0 Å². The zero-order valence-corrected chi connectivity index (χ0v) is 7.77. The second-order valence-corrected chi connectivity index (χ2v) is 3.50. The van der Waals surface area contributed by atoms with Gasteiger partial charge in [-0.15, -0.1) is 0 Å². The van der Waals surface area contributed by atoms with Crippen LogP contribution in [0.2, 0.25) is 0 Å². The quantitative estimate of drug-likeness (QED) is 0.265. The van der Waals surface area contributed by atoms with E-state index in [0.29, 0.717) is 0 Å². The average Bonchev–Trinajstić information content (AvgIpc) is 2.59. The topological polar surface area (TPSA) is 84.6 Å². The highest BCUT2D eigenvalue weighted by atomic mass is 16.4. The number of hydrogen-bond acceptors (Lipinski definition) is 3. The van der Waals surface area contributed by atoms with E-state index >= 15 is 0 Å². The third-order valence-corrected chi connectivity index (χ3v) is 2.70. The number of fused-ring (bicyclic) bond motifs is 1. The Morgan fingerprint density at radius 2 is 2.29 bits per heavy atom. The smallest absolute Gasteiger partial charge is 0.170 e. The molecule has 0 aromatic heterocycles. The van der Waals surface area contributed by atoms with E-state index in [9.17, 15) is 0 Å². The highest BCUT2D eigenvalue weighted by molar-refractivity contribution is 5.98. The van der Waals surface area contributed by atoms with Crippen molar-refractivity contribution < 1.29 is 5.21 Å². The summed E-state index contributed by atoms with van der Waals surface area (Å²) in [4.78, 5) is 0. The van der Waals surface area contributed by atoms with Crippen molar-refractivity contribution in [2.45, 2.75) is 18.9 Å². The zero-order chi connectivity index (χ0) is 10.1. The van der Waals surface area contributed by atoms with E-state index in [4.69, 9.17) is 16.7 Å². The number of rotatable bonds is 1. The molecule has 5 N–H and O–H groups in total. The first kappa shape index (κ1) is 9.02. The SMILES string of the molecule is NC(=NO)c1cccc2c1CC[C@H]2N. The maximum absolute atomic E-state index is 8.62. The summed E-state index contributed by atoms with van der Waals surface area (Å²) in [7, 11) is 0. The lowest BCUT2D eigenvalue weighted by molar-refractivity contribution is 0.318. The number of benzene rings is 1. The van der Waals surface area contributed by atoms with E-state index in [1.54, 1.807) is 0 Å². The van der Waals surface area contributed by atoms with Gasteiger partial charge < -0.3 is 16.7 Å². The first-order chi connectivity index (χ1) is 6.74. The molecular formula is C10H13N3O. The Balaban J connectivity index is 2.54. The Kier molecular flexibility index (Phi) is 2.13. The molecule has 1 atom stereocenters. The van der Waals surface area contributed by atoms with Crippen LogP contribution in [0.1, 0.15) is 29.2 Å². The largest absolute Gasteiger partial charge is 0.409 e.